The van der Waals surface area contributed by atoms with Gasteiger partial charge in [0.05, 0.1) is 11.3 Å². The van der Waals surface area contributed by atoms with Gasteiger partial charge in [0.2, 0.25) is 0 Å². The fourth-order valence-electron chi connectivity index (χ4n) is 6.74. The number of hydrogen-bond acceptors (Lipinski definition) is 4. The third kappa shape index (κ3) is 11.5. The summed E-state index contributed by atoms with van der Waals surface area (Å²) in [5.74, 6) is 0.547. The molecule has 2 heterocycles. The van der Waals surface area contributed by atoms with Gasteiger partial charge in [-0.25, -0.2) is 0 Å². The molecule has 0 amide bonds. The van der Waals surface area contributed by atoms with E-state index in [0.29, 0.717) is 21.5 Å². The van der Waals surface area contributed by atoms with Crippen LogP contribution in [-0.4, -0.2) is 15.9 Å². The van der Waals surface area contributed by atoms with E-state index in [-0.39, 0.29) is 59.2 Å². The molecule has 0 saturated carbocycles. The van der Waals surface area contributed by atoms with Crippen LogP contribution in [0.5, 0.6) is 0 Å². The zero-order valence-electron chi connectivity index (χ0n) is 32.9. The Balaban J connectivity index is 0.000000418. The smallest absolute Gasteiger partial charge is 0.418 e. The van der Waals surface area contributed by atoms with Crippen molar-refractivity contribution in [3.05, 3.63) is 113 Å². The number of thiophene rings is 1. The monoisotopic (exact) mass is 933 g/mol. The van der Waals surface area contributed by atoms with Crippen LogP contribution in [0, 0.1) is 37.2 Å². The molecule has 3 nitrogen and oxygen atoms in total. The van der Waals surface area contributed by atoms with Crippen molar-refractivity contribution in [3.8, 4) is 32.8 Å². The normalized spacial score (nSPS) is 12.1. The number of aliphatic hydroxyl groups is 1. The largest absolute Gasteiger partial charge is 0.512 e. The van der Waals surface area contributed by atoms with E-state index in [1.165, 1.54) is 23.9 Å². The maximum atomic E-state index is 14.4. The molecule has 5 aromatic rings. The molecule has 2 aromatic heterocycles. The molecule has 5 rings (SSSR count). The molecule has 0 aliphatic heterocycles. The maximum absolute atomic E-state index is 14.4. The number of allylic oxidation sites excluding steroid dienone is 2. The Kier molecular flexibility index (Phi) is 16.0. The fraction of sp³-hybridized carbons (Fsp3) is 0.391. The number of carbonyl (C=O) groups is 1. The average Bonchev–Trinajstić information content (AvgIpc) is 3.50. The number of halogens is 3. The number of benzene rings is 3. The Morgan fingerprint density at radius 1 is 0.833 bits per heavy atom. The van der Waals surface area contributed by atoms with E-state index >= 15 is 0 Å². The van der Waals surface area contributed by atoms with Gasteiger partial charge in [-0.1, -0.05) is 111 Å². The maximum Gasteiger partial charge on any atom is 0.418 e. The minimum absolute atomic E-state index is 0. The molecule has 8 heteroatoms. The van der Waals surface area contributed by atoms with Gasteiger partial charge in [-0.3, -0.25) is 4.79 Å². The third-order valence-electron chi connectivity index (χ3n) is 9.54. The summed E-state index contributed by atoms with van der Waals surface area (Å²) in [4.78, 5) is 16.4. The number of aryl methyl sites for hydroxylation is 2. The number of ketones is 1. The molecule has 0 aliphatic carbocycles. The van der Waals surface area contributed by atoms with Crippen molar-refractivity contribution in [2.75, 3.05) is 0 Å². The summed E-state index contributed by atoms with van der Waals surface area (Å²) in [6.45, 7) is 18.6. The second kappa shape index (κ2) is 19.3. The van der Waals surface area contributed by atoms with Crippen LogP contribution in [0.4, 0.5) is 13.2 Å². The molecular formula is C46H53F3IrNO2S-. The van der Waals surface area contributed by atoms with Gasteiger partial charge in [-0.05, 0) is 71.2 Å². The molecule has 0 unspecified atom stereocenters. The molecule has 54 heavy (non-hydrogen) atoms. The first kappa shape index (κ1) is 44.8. The van der Waals surface area contributed by atoms with Gasteiger partial charge in [0, 0.05) is 59.5 Å². The van der Waals surface area contributed by atoms with E-state index in [9.17, 15) is 23.1 Å². The number of aromatic nitrogens is 1. The molecule has 0 atom stereocenters. The van der Waals surface area contributed by atoms with Crippen molar-refractivity contribution in [1.82, 2.24) is 4.98 Å². The minimum atomic E-state index is -4.50. The second-order valence-electron chi connectivity index (χ2n) is 15.1. The summed E-state index contributed by atoms with van der Waals surface area (Å²) < 4.78 is 43.8. The molecular weight excluding hydrogens is 880 g/mol. The number of rotatable bonds is 11. The predicted octanol–water partition coefficient (Wildman–Crippen LogP) is 14.2. The van der Waals surface area contributed by atoms with Crippen LogP contribution < -0.4 is 0 Å². The molecule has 1 radical (unpaired) electrons. The van der Waals surface area contributed by atoms with Crippen LogP contribution >= 0.6 is 11.3 Å². The standard InChI is InChI=1S/C33H29F3NS.C13H24O2.Ir/c1-20-16-21(2)18-26(17-20)29-31-27(14-15-37-29)28(33(34,35)36)30(38-31)25-12-10-24(11-13-25)23-8-6-22(7-9-23)19-32(3,4)5;1-5-10(6-2)12(14)9-13(15)11(7-3)8-4;/h6-17H,19H2,1-5H3;9-11,14H,5-8H2,1-4H3;/q-1;;/b;12-9-;. The molecule has 0 spiro atoms. The summed E-state index contributed by atoms with van der Waals surface area (Å²) in [5, 5.41) is 9.93. The summed E-state index contributed by atoms with van der Waals surface area (Å²) >= 11 is 1.14. The van der Waals surface area contributed by atoms with Crippen LogP contribution in [0.2, 0.25) is 0 Å². The number of aliphatic hydroxyl groups excluding tert-OH is 1. The van der Waals surface area contributed by atoms with Crippen molar-refractivity contribution < 1.29 is 43.2 Å². The molecule has 291 valence electrons. The van der Waals surface area contributed by atoms with Gasteiger partial charge in [0.25, 0.3) is 0 Å². The minimum Gasteiger partial charge on any atom is -0.512 e. The van der Waals surface area contributed by atoms with E-state index in [0.717, 1.165) is 65.7 Å². The SMILES string of the molecule is CCC(CC)C(=O)/C=C(\O)C(CC)CC.Cc1[c-]c(-c2nccc3c(C(F)(F)F)c(-c4ccc(-c5ccc(CC(C)(C)C)cc5)cc4)sc23)cc(C)c1.[Ir]. The Hall–Kier alpha value is -3.58. The van der Waals surface area contributed by atoms with E-state index < -0.39 is 11.7 Å². The number of hydrogen-bond donors (Lipinski definition) is 1. The average molecular weight is 933 g/mol. The quantitative estimate of drug-likeness (QED) is 0.0816. The first-order valence-electron chi connectivity index (χ1n) is 18.6. The number of nitrogens with zero attached hydrogens (tertiary/aromatic N) is 1. The molecule has 0 fully saturated rings. The van der Waals surface area contributed by atoms with Gasteiger partial charge < -0.3 is 10.1 Å². The first-order valence-corrected chi connectivity index (χ1v) is 19.4. The Labute approximate surface area is 337 Å². The van der Waals surface area contributed by atoms with Crippen molar-refractivity contribution >= 4 is 27.2 Å². The van der Waals surface area contributed by atoms with Crippen LogP contribution in [0.25, 0.3) is 42.9 Å². The van der Waals surface area contributed by atoms with Gasteiger partial charge in [-0.15, -0.1) is 46.2 Å². The predicted molar refractivity (Wildman–Crippen MR) is 216 cm³/mol. The number of pyridine rings is 1. The summed E-state index contributed by atoms with van der Waals surface area (Å²) in [7, 11) is 0. The van der Waals surface area contributed by atoms with Crippen molar-refractivity contribution in [1.29, 1.82) is 0 Å². The van der Waals surface area contributed by atoms with E-state index in [2.05, 4.69) is 56.1 Å². The third-order valence-corrected chi connectivity index (χ3v) is 10.8. The zero-order chi connectivity index (χ0) is 39.1. The number of carbonyl (C=O) groups excluding carboxylic acids is 1. The summed E-state index contributed by atoms with van der Waals surface area (Å²) in [6, 6.07) is 24.4. The van der Waals surface area contributed by atoms with Crippen LogP contribution in [0.1, 0.15) is 96.4 Å². The summed E-state index contributed by atoms with van der Waals surface area (Å²) in [5.41, 5.74) is 6.60. The topological polar surface area (TPSA) is 50.2 Å². The molecule has 1 N–H and O–H groups in total. The van der Waals surface area contributed by atoms with Gasteiger partial charge in [0.1, 0.15) is 0 Å². The van der Waals surface area contributed by atoms with E-state index in [1.807, 2.05) is 65.8 Å². The van der Waals surface area contributed by atoms with Gasteiger partial charge in [0.15, 0.2) is 5.78 Å². The van der Waals surface area contributed by atoms with Crippen molar-refractivity contribution in [2.24, 2.45) is 17.3 Å². The molecule has 0 saturated heterocycles. The van der Waals surface area contributed by atoms with E-state index in [1.54, 1.807) is 12.1 Å². The molecule has 0 bridgehead atoms. The molecule has 0 aliphatic rings. The number of alkyl halides is 3. The summed E-state index contributed by atoms with van der Waals surface area (Å²) in [6.07, 6.45) is 2.85. The van der Waals surface area contributed by atoms with Crippen LogP contribution in [0.15, 0.2) is 84.8 Å². The van der Waals surface area contributed by atoms with Gasteiger partial charge >= 0.3 is 6.18 Å². The van der Waals surface area contributed by atoms with E-state index in [4.69, 9.17) is 0 Å². The Morgan fingerprint density at radius 2 is 1.37 bits per heavy atom. The van der Waals surface area contributed by atoms with Crippen molar-refractivity contribution in [2.45, 2.75) is 101 Å². The first-order chi connectivity index (χ1) is 25.0. The Morgan fingerprint density at radius 3 is 1.87 bits per heavy atom. The van der Waals surface area contributed by atoms with Gasteiger partial charge in [-0.2, -0.15) is 13.2 Å². The zero-order valence-corrected chi connectivity index (χ0v) is 36.1. The Bertz CT molecular complexity index is 1990. The van der Waals surface area contributed by atoms with Crippen LogP contribution in [0.3, 0.4) is 0 Å². The van der Waals surface area contributed by atoms with Crippen molar-refractivity contribution in [3.63, 3.8) is 0 Å². The fourth-order valence-corrected chi connectivity index (χ4v) is 8.07. The van der Waals surface area contributed by atoms with Crippen LogP contribution in [-0.2, 0) is 37.5 Å². The second-order valence-corrected chi connectivity index (χ2v) is 16.1. The molecule has 3 aromatic carbocycles. The number of fused-ring (bicyclic) bond motifs is 1.